The van der Waals surface area contributed by atoms with Crippen LogP contribution >= 0.6 is 0 Å². The quantitative estimate of drug-likeness (QED) is 0.256. The number of nitrogens with zero attached hydrogens (tertiary/aromatic N) is 5. The number of rotatable bonds is 9. The second kappa shape index (κ2) is 11.8. The van der Waals surface area contributed by atoms with E-state index in [2.05, 4.69) is 47.4 Å². The van der Waals surface area contributed by atoms with E-state index < -0.39 is 11.9 Å². The fourth-order valence-electron chi connectivity index (χ4n) is 4.63. The van der Waals surface area contributed by atoms with Gasteiger partial charge >= 0.3 is 0 Å². The highest BCUT2D eigenvalue weighted by atomic mass is 19.1. The number of halogens is 1. The van der Waals surface area contributed by atoms with Crippen molar-refractivity contribution in [3.63, 3.8) is 0 Å². The summed E-state index contributed by atoms with van der Waals surface area (Å²) < 4.78 is 20.3. The summed E-state index contributed by atoms with van der Waals surface area (Å²) >= 11 is 0. The second-order valence-corrected chi connectivity index (χ2v) is 9.46. The molecule has 11 nitrogen and oxygen atoms in total. The van der Waals surface area contributed by atoms with Gasteiger partial charge in [-0.15, -0.1) is 0 Å². The number of benzene rings is 1. The summed E-state index contributed by atoms with van der Waals surface area (Å²) in [5, 5.41) is 15.9. The van der Waals surface area contributed by atoms with E-state index in [4.69, 9.17) is 4.74 Å². The van der Waals surface area contributed by atoms with Gasteiger partial charge in [-0.2, -0.15) is 0 Å². The van der Waals surface area contributed by atoms with E-state index in [9.17, 15) is 14.3 Å². The first-order valence-electron chi connectivity index (χ1n) is 12.6. The summed E-state index contributed by atoms with van der Waals surface area (Å²) in [4.78, 5) is 33.5. The van der Waals surface area contributed by atoms with Crippen LogP contribution in [0, 0.1) is 5.82 Å². The van der Waals surface area contributed by atoms with E-state index in [1.54, 1.807) is 37.6 Å². The van der Waals surface area contributed by atoms with Crippen LogP contribution in [0.3, 0.4) is 0 Å². The highest BCUT2D eigenvalue weighted by Gasteiger charge is 2.29. The van der Waals surface area contributed by atoms with Crippen molar-refractivity contribution < 1.29 is 19.0 Å². The first-order chi connectivity index (χ1) is 19.0. The van der Waals surface area contributed by atoms with Crippen LogP contribution in [0.25, 0.3) is 22.2 Å². The predicted octanol–water partition coefficient (Wildman–Crippen LogP) is 2.60. The maximum Gasteiger partial charge on any atom is 0.244 e. The third-order valence-corrected chi connectivity index (χ3v) is 6.83. The molecule has 12 heteroatoms. The van der Waals surface area contributed by atoms with E-state index in [-0.39, 0.29) is 30.8 Å². The molecule has 1 aliphatic rings. The Balaban J connectivity index is 1.39. The molecule has 4 heterocycles. The number of aliphatic hydroxyl groups is 1. The minimum Gasteiger partial charge on any atom is -0.392 e. The number of aromatic nitrogens is 4. The van der Waals surface area contributed by atoms with Crippen LogP contribution in [0.5, 0.6) is 0 Å². The summed E-state index contributed by atoms with van der Waals surface area (Å²) in [6, 6.07) is 8.42. The van der Waals surface area contributed by atoms with Gasteiger partial charge in [-0.1, -0.05) is 18.2 Å². The van der Waals surface area contributed by atoms with Gasteiger partial charge in [0, 0.05) is 56.6 Å². The van der Waals surface area contributed by atoms with E-state index in [1.807, 2.05) is 6.07 Å². The van der Waals surface area contributed by atoms with Gasteiger partial charge < -0.3 is 30.4 Å². The molecular formula is C27H31FN8O3. The minimum absolute atomic E-state index is 0.101. The minimum atomic E-state index is -0.588. The molecule has 0 radical (unpaired) electrons. The van der Waals surface area contributed by atoms with Crippen molar-refractivity contribution in [2.45, 2.75) is 12.6 Å². The lowest BCUT2D eigenvalue weighted by molar-refractivity contribution is -0.124. The lowest BCUT2D eigenvalue weighted by Gasteiger charge is -2.36. The summed E-state index contributed by atoms with van der Waals surface area (Å²) in [6.07, 6.45) is 4.29. The number of likely N-dealkylation sites (N-methyl/N-ethyl adjacent to an activating group) is 1. The van der Waals surface area contributed by atoms with E-state index >= 15 is 0 Å². The molecule has 39 heavy (non-hydrogen) atoms. The lowest BCUT2D eigenvalue weighted by Crippen LogP contribution is -2.54. The Bertz CT molecular complexity index is 1440. The molecule has 0 aliphatic carbocycles. The number of ether oxygens (including phenoxy) is 1. The fourth-order valence-corrected chi connectivity index (χ4v) is 4.63. The number of aromatic amines is 1. The van der Waals surface area contributed by atoms with Gasteiger partial charge in [0.05, 0.1) is 30.6 Å². The van der Waals surface area contributed by atoms with Crippen LogP contribution in [0.1, 0.15) is 5.56 Å². The Kier molecular flexibility index (Phi) is 8.07. The molecular weight excluding hydrogens is 503 g/mol. The molecule has 1 fully saturated rings. The first-order valence-corrected chi connectivity index (χ1v) is 12.6. The molecule has 4 aromatic rings. The molecule has 0 bridgehead atoms. The number of aliphatic hydroxyl groups excluding tert-OH is 1. The number of nitrogens with one attached hydrogen (secondary N) is 3. The number of amides is 1. The molecule has 204 valence electrons. The zero-order chi connectivity index (χ0) is 27.4. The number of methoxy groups -OCH3 is 1. The van der Waals surface area contributed by atoms with Crippen LogP contribution in [-0.2, 0) is 16.1 Å². The van der Waals surface area contributed by atoms with Crippen molar-refractivity contribution in [2.75, 3.05) is 57.6 Å². The Labute approximate surface area is 225 Å². The topological polar surface area (TPSA) is 132 Å². The molecule has 4 N–H and O–H groups in total. The number of hydrogen-bond acceptors (Lipinski definition) is 9. The SMILES string of the molecule is COC[C@H](C(=O)Nc1cccc2c(-c3nc(Nc4ccc(CO)cn4)ncc3F)c[nH]c12)N1CCN(C)CC1. The molecule has 0 spiro atoms. The van der Waals surface area contributed by atoms with Gasteiger partial charge in [-0.05, 0) is 24.7 Å². The Hall–Kier alpha value is -3.97. The van der Waals surface area contributed by atoms with Crippen molar-refractivity contribution in [3.8, 4) is 11.3 Å². The van der Waals surface area contributed by atoms with E-state index in [1.165, 1.54) is 6.20 Å². The summed E-state index contributed by atoms with van der Waals surface area (Å²) in [5.41, 5.74) is 2.54. The van der Waals surface area contributed by atoms with Crippen LogP contribution < -0.4 is 10.6 Å². The molecule has 1 saturated heterocycles. The molecule has 1 aliphatic heterocycles. The second-order valence-electron chi connectivity index (χ2n) is 9.46. The number of fused-ring (bicyclic) bond motifs is 1. The number of anilines is 3. The number of para-hydroxylation sites is 1. The van der Waals surface area contributed by atoms with Crippen molar-refractivity contribution >= 4 is 34.3 Å². The average molecular weight is 535 g/mol. The largest absolute Gasteiger partial charge is 0.392 e. The third-order valence-electron chi connectivity index (χ3n) is 6.83. The normalized spacial score (nSPS) is 15.4. The van der Waals surface area contributed by atoms with Gasteiger partial charge in [0.15, 0.2) is 5.82 Å². The van der Waals surface area contributed by atoms with Crippen molar-refractivity contribution in [3.05, 3.63) is 60.3 Å². The fraction of sp³-hybridized carbons (Fsp3) is 0.333. The molecule has 3 aromatic heterocycles. The number of piperazine rings is 1. The van der Waals surface area contributed by atoms with Gasteiger partial charge in [0.1, 0.15) is 17.6 Å². The summed E-state index contributed by atoms with van der Waals surface area (Å²) in [7, 11) is 3.66. The van der Waals surface area contributed by atoms with E-state index in [0.717, 1.165) is 32.4 Å². The standard InChI is InChI=1S/C27H31FN8O3/c1-35-8-10-36(11-9-35)22(16-39-2)26(38)32-21-5-3-4-18-19(13-30-25(18)21)24-20(28)14-31-27(34-24)33-23-7-6-17(15-37)12-29-23/h3-7,12-14,22,30,37H,8-11,15-16H2,1-2H3,(H,32,38)(H,29,31,33,34)/t22-/m1/s1. The van der Waals surface area contributed by atoms with Crippen LogP contribution in [0.2, 0.25) is 0 Å². The number of pyridine rings is 1. The molecule has 0 saturated carbocycles. The smallest absolute Gasteiger partial charge is 0.244 e. The molecule has 1 atom stereocenters. The lowest BCUT2D eigenvalue weighted by atomic mass is 10.1. The maximum absolute atomic E-state index is 14.9. The summed E-state index contributed by atoms with van der Waals surface area (Å²) in [6.45, 7) is 3.48. The number of H-pyrrole nitrogens is 1. The first kappa shape index (κ1) is 26.6. The molecule has 5 rings (SSSR count). The highest BCUT2D eigenvalue weighted by Crippen LogP contribution is 2.33. The van der Waals surface area contributed by atoms with Gasteiger partial charge in [-0.3, -0.25) is 9.69 Å². The summed E-state index contributed by atoms with van der Waals surface area (Å²) in [5.74, 6) is -0.122. The monoisotopic (exact) mass is 534 g/mol. The maximum atomic E-state index is 14.9. The number of carbonyl (C=O) groups excluding carboxylic acids is 1. The third kappa shape index (κ3) is 5.88. The number of hydrogen-bond donors (Lipinski definition) is 4. The van der Waals surface area contributed by atoms with E-state index in [0.29, 0.717) is 33.5 Å². The predicted molar refractivity (Wildman–Crippen MR) is 146 cm³/mol. The molecule has 1 aromatic carbocycles. The van der Waals surface area contributed by atoms with Gasteiger partial charge in [-0.25, -0.2) is 19.3 Å². The Morgan fingerprint density at radius 1 is 1.18 bits per heavy atom. The number of carbonyl (C=O) groups is 1. The van der Waals surface area contributed by atoms with Crippen LogP contribution in [0.4, 0.5) is 21.8 Å². The van der Waals surface area contributed by atoms with Crippen molar-refractivity contribution in [1.82, 2.24) is 29.7 Å². The molecule has 1 amide bonds. The van der Waals surface area contributed by atoms with Crippen LogP contribution in [-0.4, -0.2) is 93.7 Å². The van der Waals surface area contributed by atoms with Gasteiger partial charge in [0.25, 0.3) is 0 Å². The van der Waals surface area contributed by atoms with Crippen molar-refractivity contribution in [1.29, 1.82) is 0 Å². The zero-order valence-corrected chi connectivity index (χ0v) is 21.8. The Morgan fingerprint density at radius 3 is 2.72 bits per heavy atom. The highest BCUT2D eigenvalue weighted by molar-refractivity contribution is 6.06. The van der Waals surface area contributed by atoms with Crippen LogP contribution in [0.15, 0.2) is 48.9 Å². The Morgan fingerprint density at radius 2 is 2.00 bits per heavy atom. The average Bonchev–Trinajstić information content (AvgIpc) is 3.39. The van der Waals surface area contributed by atoms with Gasteiger partial charge in [0.2, 0.25) is 11.9 Å². The zero-order valence-electron chi connectivity index (χ0n) is 21.8. The van der Waals surface area contributed by atoms with Crippen molar-refractivity contribution in [2.24, 2.45) is 0 Å². The molecule has 0 unspecified atom stereocenters.